The Morgan fingerprint density at radius 3 is 2.47 bits per heavy atom. The number of rotatable bonds is 19. The van der Waals surface area contributed by atoms with Crippen molar-refractivity contribution in [3.05, 3.63) is 36.8 Å². The number of carbonyl (C=O) groups is 5. The molecule has 1 amide bonds. The summed E-state index contributed by atoms with van der Waals surface area (Å²) < 4.78 is 5.53. The predicted octanol–water partition coefficient (Wildman–Crippen LogP) is 8.05. The topological polar surface area (TPSA) is 102 Å². The molecule has 3 aliphatic rings. The minimum Gasteiger partial charge on any atom is -0.468 e. The molecule has 1 aliphatic heterocycles. The van der Waals surface area contributed by atoms with Gasteiger partial charge in [0.25, 0.3) is 0 Å². The number of Topliss-reactive ketones (excluding diaryl/α,β-unsaturated/α-hetero) is 4. The lowest BCUT2D eigenvalue weighted by Gasteiger charge is -2.39. The molecule has 1 aromatic heterocycles. The normalized spacial score (nSPS) is 23.5. The molecule has 1 aromatic rings. The Labute approximate surface area is 298 Å². The summed E-state index contributed by atoms with van der Waals surface area (Å²) >= 11 is 1.82. The number of amides is 1. The molecule has 0 bridgehead atoms. The van der Waals surface area contributed by atoms with Crippen molar-refractivity contribution in [1.82, 2.24) is 4.90 Å². The number of furan rings is 1. The first-order valence-electron chi connectivity index (χ1n) is 18.2. The molecule has 0 aromatic carbocycles. The van der Waals surface area contributed by atoms with E-state index < -0.39 is 34.9 Å². The number of ketones is 4. The molecular weight excluding hydrogens is 635 g/mol. The maximum atomic E-state index is 14.6. The SMILES string of the molecule is C#CCCC(CC(=O)[C@@H]1[C@@H]2C(CN1C(=O)[C@@H](CC(=O)CC1(CSCc3ccco3)CCCCC1)C(C)(C)C)C2(C)C)C(=O)C(=O)CCC=C. The molecule has 2 aliphatic carbocycles. The molecule has 2 saturated carbocycles. The zero-order chi connectivity index (χ0) is 36.0. The zero-order valence-corrected chi connectivity index (χ0v) is 31.2. The van der Waals surface area contributed by atoms with Crippen molar-refractivity contribution < 1.29 is 28.4 Å². The van der Waals surface area contributed by atoms with E-state index in [-0.39, 0.29) is 72.2 Å². The fourth-order valence-electron chi connectivity index (χ4n) is 8.53. The average Bonchev–Trinajstić information content (AvgIpc) is 3.48. The Bertz CT molecular complexity index is 1410. The third kappa shape index (κ3) is 9.45. The van der Waals surface area contributed by atoms with Crippen molar-refractivity contribution in [2.75, 3.05) is 12.3 Å². The number of terminal acetylenes is 1. The lowest BCUT2D eigenvalue weighted by Crippen LogP contribution is -2.51. The molecule has 2 heterocycles. The Morgan fingerprint density at radius 1 is 1.14 bits per heavy atom. The van der Waals surface area contributed by atoms with Gasteiger partial charge in [0.1, 0.15) is 11.5 Å². The van der Waals surface area contributed by atoms with E-state index in [1.165, 1.54) is 6.42 Å². The number of thioether (sulfide) groups is 1. The molecule has 268 valence electrons. The van der Waals surface area contributed by atoms with E-state index >= 15 is 0 Å². The number of allylic oxidation sites excluding steroid dienone is 1. The molecular formula is C41H57NO6S. The number of likely N-dealkylation sites (tertiary alicyclic amines) is 1. The molecule has 4 rings (SSSR count). The first kappa shape index (κ1) is 38.9. The van der Waals surface area contributed by atoms with E-state index in [1.807, 2.05) is 44.7 Å². The molecule has 8 heteroatoms. The van der Waals surface area contributed by atoms with Crippen molar-refractivity contribution in [2.45, 2.75) is 123 Å². The molecule has 0 N–H and O–H groups in total. The van der Waals surface area contributed by atoms with Gasteiger partial charge in [0.15, 0.2) is 11.6 Å². The lowest BCUT2D eigenvalue weighted by molar-refractivity contribution is -0.148. The highest BCUT2D eigenvalue weighted by Gasteiger charge is 2.69. The smallest absolute Gasteiger partial charge is 0.227 e. The van der Waals surface area contributed by atoms with E-state index in [4.69, 9.17) is 10.8 Å². The van der Waals surface area contributed by atoms with E-state index in [0.29, 0.717) is 19.4 Å². The number of fused-ring (bicyclic) bond motifs is 1. The van der Waals surface area contributed by atoms with Crippen molar-refractivity contribution in [2.24, 2.45) is 39.9 Å². The Balaban J connectivity index is 1.50. The van der Waals surface area contributed by atoms with Crippen LogP contribution in [-0.4, -0.2) is 52.3 Å². The maximum absolute atomic E-state index is 14.6. The standard InChI is InChI=1S/C41H57NO6S/c1-8-10-16-28(37(46)33(44)18-11-9-2)22-34(45)36-35-32(40(35,6)7)25-42(36)38(47)31(39(3,4)5)23-29(43)24-41(19-13-12-14-20-41)27-49-26-30-17-15-21-48-30/h1,9,15,17,21,28,31-32,35-36H,2,10-14,16,18-20,22-27H2,3-7H3/t28?,31-,32?,35+,36-/m1/s1. The Hall–Kier alpha value is -2.92. The summed E-state index contributed by atoms with van der Waals surface area (Å²) in [6, 6.07) is 3.19. The first-order valence-corrected chi connectivity index (χ1v) is 19.4. The van der Waals surface area contributed by atoms with Gasteiger partial charge in [0.2, 0.25) is 11.7 Å². The second-order valence-electron chi connectivity index (χ2n) is 16.6. The van der Waals surface area contributed by atoms with Crippen LogP contribution in [0, 0.1) is 52.3 Å². The second kappa shape index (κ2) is 16.4. The molecule has 7 nitrogen and oxygen atoms in total. The largest absolute Gasteiger partial charge is 0.468 e. The summed E-state index contributed by atoms with van der Waals surface area (Å²) in [5.41, 5.74) is -0.693. The van der Waals surface area contributed by atoms with Crippen LogP contribution in [0.1, 0.15) is 117 Å². The highest BCUT2D eigenvalue weighted by atomic mass is 32.2. The van der Waals surface area contributed by atoms with Crippen LogP contribution in [0.25, 0.3) is 0 Å². The molecule has 0 spiro atoms. The Kier molecular flexibility index (Phi) is 13.0. The monoisotopic (exact) mass is 691 g/mol. The van der Waals surface area contributed by atoms with Gasteiger partial charge in [-0.1, -0.05) is 60.0 Å². The summed E-state index contributed by atoms with van der Waals surface area (Å²) in [4.78, 5) is 70.3. The fourth-order valence-corrected chi connectivity index (χ4v) is 9.82. The number of carbonyl (C=O) groups excluding carboxylic acids is 5. The number of hydrogen-bond acceptors (Lipinski definition) is 7. The third-order valence-electron chi connectivity index (χ3n) is 11.6. The van der Waals surface area contributed by atoms with Crippen LogP contribution in [0.5, 0.6) is 0 Å². The number of nitrogens with zero attached hydrogens (tertiary/aromatic N) is 1. The fraction of sp³-hybridized carbons (Fsp3) is 0.683. The van der Waals surface area contributed by atoms with Crippen LogP contribution >= 0.6 is 11.8 Å². The minimum absolute atomic E-state index is 0.0168. The summed E-state index contributed by atoms with van der Waals surface area (Å²) in [7, 11) is 0. The van der Waals surface area contributed by atoms with E-state index in [9.17, 15) is 24.0 Å². The second-order valence-corrected chi connectivity index (χ2v) is 17.6. The molecule has 3 fully saturated rings. The van der Waals surface area contributed by atoms with E-state index in [1.54, 1.807) is 17.2 Å². The highest BCUT2D eigenvalue weighted by molar-refractivity contribution is 7.98. The van der Waals surface area contributed by atoms with Gasteiger partial charge in [-0.25, -0.2) is 0 Å². The van der Waals surface area contributed by atoms with Gasteiger partial charge in [-0.2, -0.15) is 11.8 Å². The summed E-state index contributed by atoms with van der Waals surface area (Å²) in [6.07, 6.45) is 15.7. The van der Waals surface area contributed by atoms with Crippen LogP contribution in [0.15, 0.2) is 35.5 Å². The van der Waals surface area contributed by atoms with Gasteiger partial charge in [-0.15, -0.1) is 18.9 Å². The van der Waals surface area contributed by atoms with Crippen molar-refractivity contribution in [3.8, 4) is 12.3 Å². The number of piperidine rings is 1. The molecule has 1 saturated heterocycles. The maximum Gasteiger partial charge on any atom is 0.227 e. The van der Waals surface area contributed by atoms with Gasteiger partial charge >= 0.3 is 0 Å². The van der Waals surface area contributed by atoms with Gasteiger partial charge in [-0.05, 0) is 71.6 Å². The quantitative estimate of drug-likeness (QED) is 0.0822. The average molecular weight is 692 g/mol. The van der Waals surface area contributed by atoms with Gasteiger partial charge in [0, 0.05) is 50.5 Å². The minimum atomic E-state index is -0.809. The highest BCUT2D eigenvalue weighted by Crippen LogP contribution is 2.65. The molecule has 0 radical (unpaired) electrons. The van der Waals surface area contributed by atoms with Crippen molar-refractivity contribution in [3.63, 3.8) is 0 Å². The van der Waals surface area contributed by atoms with Crippen molar-refractivity contribution >= 4 is 40.8 Å². The summed E-state index contributed by atoms with van der Waals surface area (Å²) in [5.74, 6) is 2.59. The van der Waals surface area contributed by atoms with Gasteiger partial charge in [-0.3, -0.25) is 24.0 Å². The number of hydrogen-bond donors (Lipinski definition) is 0. The zero-order valence-electron chi connectivity index (χ0n) is 30.4. The van der Waals surface area contributed by atoms with Crippen LogP contribution in [0.4, 0.5) is 0 Å². The summed E-state index contributed by atoms with van der Waals surface area (Å²) in [5, 5.41) is 0. The molecule has 2 unspecified atom stereocenters. The molecule has 49 heavy (non-hydrogen) atoms. The predicted molar refractivity (Wildman–Crippen MR) is 194 cm³/mol. The van der Waals surface area contributed by atoms with E-state index in [2.05, 4.69) is 26.3 Å². The lowest BCUT2D eigenvalue weighted by atomic mass is 9.70. The molecule has 5 atom stereocenters. The van der Waals surface area contributed by atoms with Crippen LogP contribution in [0.2, 0.25) is 0 Å². The van der Waals surface area contributed by atoms with Crippen LogP contribution < -0.4 is 0 Å². The third-order valence-corrected chi connectivity index (χ3v) is 12.9. The van der Waals surface area contributed by atoms with Gasteiger partial charge in [0.05, 0.1) is 18.1 Å². The van der Waals surface area contributed by atoms with Crippen molar-refractivity contribution in [1.29, 1.82) is 0 Å². The van der Waals surface area contributed by atoms with Crippen LogP contribution in [-0.2, 0) is 29.7 Å². The van der Waals surface area contributed by atoms with E-state index in [0.717, 1.165) is 42.9 Å². The van der Waals surface area contributed by atoms with Crippen LogP contribution in [0.3, 0.4) is 0 Å². The summed E-state index contributed by atoms with van der Waals surface area (Å²) in [6.45, 7) is 14.3. The Morgan fingerprint density at radius 2 is 1.86 bits per heavy atom. The first-order chi connectivity index (χ1) is 23.1. The van der Waals surface area contributed by atoms with Gasteiger partial charge < -0.3 is 9.32 Å².